The zero-order valence-electron chi connectivity index (χ0n) is 18.4. The van der Waals surface area contributed by atoms with E-state index in [-0.39, 0.29) is 30.7 Å². The molecule has 1 saturated heterocycles. The van der Waals surface area contributed by atoms with Crippen LogP contribution in [0.15, 0.2) is 15.8 Å². The number of aromatic nitrogens is 2. The van der Waals surface area contributed by atoms with Crippen molar-refractivity contribution in [1.82, 2.24) is 14.2 Å². The van der Waals surface area contributed by atoms with Crippen LogP contribution in [0.25, 0.3) is 0 Å². The molecular formula is C19H31N4O7P. The Morgan fingerprint density at radius 3 is 2.55 bits per heavy atom. The molecule has 1 aromatic heterocycles. The van der Waals surface area contributed by atoms with E-state index >= 15 is 0 Å². The molecule has 1 aliphatic heterocycles. The van der Waals surface area contributed by atoms with E-state index in [4.69, 9.17) is 19.0 Å². The fraction of sp³-hybridized carbons (Fsp3) is 0.737. The van der Waals surface area contributed by atoms with E-state index in [1.165, 1.54) is 13.1 Å². The van der Waals surface area contributed by atoms with Crippen LogP contribution in [0, 0.1) is 18.3 Å². The number of hydrogen-bond donors (Lipinski definition) is 3. The molecule has 31 heavy (non-hydrogen) atoms. The standard InChI is InChI=1S/C19H31N4O7P/c1-11(2)23(12(3)4)31(28-8-6-7-20)30-16-14(10-24)29-18(15(16)25)22-9-13(5)17(26)21-19(22)27/h9,11-12,14-16,18,24-25H,6,8,10H2,1-5H3,(H,21,26,27)/t14-,15-,16-,18-,31?/m1/s1. The van der Waals surface area contributed by atoms with Crippen LogP contribution in [0.1, 0.15) is 45.9 Å². The Morgan fingerprint density at radius 1 is 1.35 bits per heavy atom. The van der Waals surface area contributed by atoms with Crippen LogP contribution in [0.2, 0.25) is 0 Å². The highest BCUT2D eigenvalue weighted by atomic mass is 31.2. The fourth-order valence-electron chi connectivity index (χ4n) is 3.40. The fourth-order valence-corrected chi connectivity index (χ4v) is 5.17. The molecule has 0 spiro atoms. The minimum Gasteiger partial charge on any atom is -0.394 e. The zero-order chi connectivity index (χ0) is 23.3. The van der Waals surface area contributed by atoms with Gasteiger partial charge in [-0.1, -0.05) is 0 Å². The number of aliphatic hydroxyl groups excluding tert-OH is 2. The van der Waals surface area contributed by atoms with Crippen LogP contribution in [-0.4, -0.2) is 68.0 Å². The first-order chi connectivity index (χ1) is 14.6. The summed E-state index contributed by atoms with van der Waals surface area (Å²) in [6.07, 6.45) is -2.92. The third kappa shape index (κ3) is 5.99. The number of ether oxygens (including phenoxy) is 1. The van der Waals surface area contributed by atoms with Gasteiger partial charge >= 0.3 is 5.69 Å². The smallest absolute Gasteiger partial charge is 0.330 e. The Balaban J connectivity index is 2.33. The Kier molecular flexibility index (Phi) is 9.33. The zero-order valence-corrected chi connectivity index (χ0v) is 19.3. The lowest BCUT2D eigenvalue weighted by Gasteiger charge is -2.37. The first kappa shape index (κ1) is 25.6. The molecule has 0 aliphatic carbocycles. The van der Waals surface area contributed by atoms with Crippen molar-refractivity contribution in [2.24, 2.45) is 0 Å². The SMILES string of the molecule is Cc1cn([C@@H]2O[C@H](CO)[C@@H](OP(OCCC#N)N(C(C)C)C(C)C)[C@H]2O)c(=O)[nH]c1=O. The highest BCUT2D eigenvalue weighted by molar-refractivity contribution is 7.44. The van der Waals surface area contributed by atoms with Crippen molar-refractivity contribution in [1.29, 1.82) is 5.26 Å². The minimum atomic E-state index is -1.71. The van der Waals surface area contributed by atoms with Crippen molar-refractivity contribution in [2.45, 2.75) is 77.7 Å². The van der Waals surface area contributed by atoms with Crippen LogP contribution < -0.4 is 11.2 Å². The van der Waals surface area contributed by atoms with Gasteiger partial charge in [-0.05, 0) is 34.6 Å². The second kappa shape index (κ2) is 11.3. The van der Waals surface area contributed by atoms with Crippen LogP contribution in [0.4, 0.5) is 0 Å². The first-order valence-corrected chi connectivity index (χ1v) is 11.3. The van der Waals surface area contributed by atoms with E-state index in [1.54, 1.807) is 0 Å². The summed E-state index contributed by atoms with van der Waals surface area (Å²) in [4.78, 5) is 26.1. The summed E-state index contributed by atoms with van der Waals surface area (Å²) in [6, 6.07) is 2.10. The third-order valence-electron chi connectivity index (χ3n) is 4.78. The summed E-state index contributed by atoms with van der Waals surface area (Å²) in [5.74, 6) is 0. The number of nitriles is 1. The van der Waals surface area contributed by atoms with Crippen molar-refractivity contribution in [3.8, 4) is 6.07 Å². The third-order valence-corrected chi connectivity index (χ3v) is 6.91. The van der Waals surface area contributed by atoms with Crippen LogP contribution in [-0.2, 0) is 13.8 Å². The van der Waals surface area contributed by atoms with Gasteiger partial charge in [0.25, 0.3) is 14.1 Å². The molecule has 11 nitrogen and oxygen atoms in total. The predicted molar refractivity (Wildman–Crippen MR) is 113 cm³/mol. The number of aromatic amines is 1. The average Bonchev–Trinajstić information content (AvgIpc) is 2.99. The van der Waals surface area contributed by atoms with Gasteiger partial charge in [-0.15, -0.1) is 0 Å². The second-order valence-electron chi connectivity index (χ2n) is 7.83. The summed E-state index contributed by atoms with van der Waals surface area (Å²) in [6.45, 7) is 9.12. The quantitative estimate of drug-likeness (QED) is 0.341. The molecule has 5 atom stereocenters. The minimum absolute atomic E-state index is 0.0421. The molecule has 2 rings (SSSR count). The lowest BCUT2D eigenvalue weighted by atomic mass is 10.1. The van der Waals surface area contributed by atoms with Gasteiger partial charge in [0.2, 0.25) is 0 Å². The van der Waals surface area contributed by atoms with E-state index in [9.17, 15) is 19.8 Å². The van der Waals surface area contributed by atoms with Crippen molar-refractivity contribution in [3.05, 3.63) is 32.6 Å². The summed E-state index contributed by atoms with van der Waals surface area (Å²) in [5, 5.41) is 29.6. The first-order valence-electron chi connectivity index (χ1n) is 10.1. The molecular weight excluding hydrogens is 427 g/mol. The highest BCUT2D eigenvalue weighted by Crippen LogP contribution is 2.49. The number of H-pyrrole nitrogens is 1. The van der Waals surface area contributed by atoms with Gasteiger partial charge in [0.05, 0.1) is 25.7 Å². The molecule has 1 fully saturated rings. The number of aryl methyl sites for hydroxylation is 1. The molecule has 1 aromatic rings. The molecule has 1 aliphatic rings. The molecule has 3 N–H and O–H groups in total. The van der Waals surface area contributed by atoms with E-state index in [0.717, 1.165) is 4.57 Å². The van der Waals surface area contributed by atoms with Crippen molar-refractivity contribution >= 4 is 8.53 Å². The van der Waals surface area contributed by atoms with Crippen molar-refractivity contribution in [3.63, 3.8) is 0 Å². The maximum absolute atomic E-state index is 12.3. The molecule has 174 valence electrons. The molecule has 0 bridgehead atoms. The summed E-state index contributed by atoms with van der Waals surface area (Å²) in [5.41, 5.74) is -0.997. The Morgan fingerprint density at radius 2 is 2.00 bits per heavy atom. The molecule has 2 heterocycles. The lowest BCUT2D eigenvalue weighted by Crippen LogP contribution is -2.41. The average molecular weight is 458 g/mol. The topological polar surface area (TPSA) is 150 Å². The lowest BCUT2D eigenvalue weighted by molar-refractivity contribution is -0.0547. The maximum Gasteiger partial charge on any atom is 0.330 e. The van der Waals surface area contributed by atoms with Gasteiger partial charge in [-0.25, -0.2) is 9.46 Å². The largest absolute Gasteiger partial charge is 0.394 e. The molecule has 0 saturated carbocycles. The Labute approximate surface area is 182 Å². The van der Waals surface area contributed by atoms with Crippen LogP contribution in [0.3, 0.4) is 0 Å². The van der Waals surface area contributed by atoms with Gasteiger partial charge in [0.15, 0.2) is 6.23 Å². The molecule has 0 aromatic carbocycles. The van der Waals surface area contributed by atoms with E-state index in [0.29, 0.717) is 0 Å². The van der Waals surface area contributed by atoms with Gasteiger partial charge in [0.1, 0.15) is 18.3 Å². The number of nitrogens with one attached hydrogen (secondary N) is 1. The van der Waals surface area contributed by atoms with Gasteiger partial charge in [-0.2, -0.15) is 5.26 Å². The number of nitrogens with zero attached hydrogens (tertiary/aromatic N) is 3. The van der Waals surface area contributed by atoms with Crippen LogP contribution >= 0.6 is 8.53 Å². The monoisotopic (exact) mass is 458 g/mol. The summed E-state index contributed by atoms with van der Waals surface area (Å²) >= 11 is 0. The highest BCUT2D eigenvalue weighted by Gasteiger charge is 2.48. The Bertz CT molecular complexity index is 873. The predicted octanol–water partition coefficient (Wildman–Crippen LogP) is 0.757. The molecule has 12 heteroatoms. The van der Waals surface area contributed by atoms with Gasteiger partial charge in [0, 0.05) is 23.8 Å². The van der Waals surface area contributed by atoms with Gasteiger partial charge in [-0.3, -0.25) is 14.3 Å². The van der Waals surface area contributed by atoms with Crippen molar-refractivity contribution in [2.75, 3.05) is 13.2 Å². The van der Waals surface area contributed by atoms with Crippen LogP contribution in [0.5, 0.6) is 0 Å². The number of rotatable bonds is 10. The van der Waals surface area contributed by atoms with Gasteiger partial charge < -0.3 is 24.0 Å². The number of aliphatic hydroxyl groups is 2. The van der Waals surface area contributed by atoms with E-state index < -0.39 is 50.9 Å². The second-order valence-corrected chi connectivity index (χ2v) is 9.24. The molecule has 0 amide bonds. The Hall–Kier alpha value is -1.64. The van der Waals surface area contributed by atoms with E-state index in [2.05, 4.69) is 4.98 Å². The maximum atomic E-state index is 12.3. The summed E-state index contributed by atoms with van der Waals surface area (Å²) in [7, 11) is -1.71. The molecule has 0 radical (unpaired) electrons. The number of hydrogen-bond acceptors (Lipinski definition) is 9. The summed E-state index contributed by atoms with van der Waals surface area (Å²) < 4.78 is 20.8. The van der Waals surface area contributed by atoms with E-state index in [1.807, 2.05) is 38.4 Å². The normalized spacial score (nSPS) is 24.8. The molecule has 1 unspecified atom stereocenters. The van der Waals surface area contributed by atoms with Crippen molar-refractivity contribution < 1.29 is 24.0 Å².